The molecular weight excluding hydrogens is 390 g/mol. The van der Waals surface area contributed by atoms with Gasteiger partial charge in [-0.2, -0.15) is 0 Å². The fourth-order valence-corrected chi connectivity index (χ4v) is 0. The Morgan fingerprint density at radius 1 is 0.750 bits per heavy atom. The molecule has 0 aromatic carbocycles. The maximum Gasteiger partial charge on any atom is 3.00 e. The molecule has 0 fully saturated rings. The molecule has 5 nitrogen and oxygen atoms in total. The predicted molar refractivity (Wildman–Crippen MR) is 6.44 cm³/mol. The van der Waals surface area contributed by atoms with E-state index in [1.807, 2.05) is 0 Å². The molecule has 0 aliphatic heterocycles. The second-order valence-electron chi connectivity index (χ2n) is 0.500. The first-order valence-electron chi connectivity index (χ1n) is 0.816. The van der Waals surface area contributed by atoms with Gasteiger partial charge in [0.2, 0.25) is 0 Å². The smallest absolute Gasteiger partial charge is 2.00 e. The average molecular weight is 390 g/mol. The summed E-state index contributed by atoms with van der Waals surface area (Å²) in [4.78, 5) is 34.3. The summed E-state index contributed by atoms with van der Waals surface area (Å²) in [7, 11) is -5.61. The molecule has 0 aliphatic rings. The van der Waals surface area contributed by atoms with Crippen LogP contribution in [0.2, 0.25) is 0 Å². The van der Waals surface area contributed by atoms with Crippen LogP contribution in [-0.2, 0) is 5.48 Å². The van der Waals surface area contributed by atoms with Crippen molar-refractivity contribution in [3.05, 3.63) is 0 Å². The zero-order chi connectivity index (χ0) is 4.50. The van der Waals surface area contributed by atoms with Gasteiger partial charge in [0.25, 0.3) is 0 Å². The quantitative estimate of drug-likeness (QED) is 0.384. The molecule has 0 saturated heterocycles. The van der Waals surface area contributed by atoms with Crippen LogP contribution in [0.1, 0.15) is 0 Å². The first-order valence-corrected chi connectivity index (χ1v) is 2.45. The van der Waals surface area contributed by atoms with Gasteiger partial charge in [-0.05, 0) is 0 Å². The van der Waals surface area contributed by atoms with Crippen molar-refractivity contribution in [3.8, 4) is 0 Å². The Morgan fingerprint density at radius 2 is 0.750 bits per heavy atom. The van der Waals surface area contributed by atoms with E-state index in [0.717, 1.165) is 0 Å². The van der Waals surface area contributed by atoms with Crippen LogP contribution >= 0.6 is 0 Å². The van der Waals surface area contributed by atoms with Gasteiger partial charge in [-0.25, -0.2) is 0 Å². The van der Waals surface area contributed by atoms with Crippen molar-refractivity contribution >= 4 is 9.05 Å². The minimum Gasteiger partial charge on any atom is -2.00 e. The summed E-state index contributed by atoms with van der Waals surface area (Å²) >= 11 is 0. The van der Waals surface area contributed by atoms with E-state index in [4.69, 9.17) is 19.2 Å². The van der Waals surface area contributed by atoms with E-state index in [2.05, 4.69) is 0 Å². The van der Waals surface area contributed by atoms with Crippen LogP contribution in [0, 0.1) is 82.6 Å². The van der Waals surface area contributed by atoms with Crippen LogP contribution in [0.4, 0.5) is 0 Å². The van der Waals surface area contributed by atoms with Crippen molar-refractivity contribution in [2.24, 2.45) is 0 Å². The van der Waals surface area contributed by atoms with Crippen molar-refractivity contribution in [1.82, 2.24) is 0 Å². The van der Waals surface area contributed by atoms with Crippen LogP contribution in [0.3, 0.4) is 0 Å². The Bertz CT molecular complexity index is 25.9. The van der Waals surface area contributed by atoms with Crippen molar-refractivity contribution in [2.75, 3.05) is 0 Å². The van der Waals surface area contributed by atoms with E-state index in [9.17, 15) is 0 Å². The third-order valence-electron chi connectivity index (χ3n) is 0. The van der Waals surface area contributed by atoms with Gasteiger partial charge in [-0.15, -0.1) is 0 Å². The summed E-state index contributed by atoms with van der Waals surface area (Å²) in [6, 6.07) is 0. The van der Waals surface area contributed by atoms with Crippen molar-refractivity contribution in [1.29, 1.82) is 0 Å². The SMILES string of the molecule is [O-2].[O-][Si]([O-])([O-])[O-].[Pr+3].[Pr+3]. The van der Waals surface area contributed by atoms with Crippen molar-refractivity contribution < 1.29 is 107 Å². The monoisotopic (exact) mass is 390 g/mol. The topological polar surface area (TPSA) is 121 Å². The van der Waals surface area contributed by atoms with Gasteiger partial charge in [-0.3, -0.25) is 0 Å². The molecule has 0 N–H and O–H groups in total. The van der Waals surface area contributed by atoms with E-state index in [0.29, 0.717) is 0 Å². The normalized spacial score (nSPS) is 7.50. The summed E-state index contributed by atoms with van der Waals surface area (Å²) in [5.74, 6) is 0. The van der Waals surface area contributed by atoms with Gasteiger partial charge < -0.3 is 33.7 Å². The zero-order valence-electron chi connectivity index (χ0n) is 3.70. The number of hydrogen-bond donors (Lipinski definition) is 0. The Kier molecular flexibility index (Phi) is 27.3. The molecule has 0 heterocycles. The van der Waals surface area contributed by atoms with Gasteiger partial charge in [-0.1, -0.05) is 0 Å². The number of rotatable bonds is 0. The zero-order valence-corrected chi connectivity index (χ0v) is 12.1. The van der Waals surface area contributed by atoms with E-state index in [-0.39, 0.29) is 88.1 Å². The molecule has 0 rings (SSSR count). The van der Waals surface area contributed by atoms with Crippen LogP contribution < -0.4 is 19.2 Å². The third kappa shape index (κ3) is 69.6. The summed E-state index contributed by atoms with van der Waals surface area (Å²) in [6.45, 7) is 0. The molecule has 0 unspecified atom stereocenters. The minimum atomic E-state index is -5.61. The third-order valence-corrected chi connectivity index (χ3v) is 0. The van der Waals surface area contributed by atoms with E-state index >= 15 is 0 Å². The van der Waals surface area contributed by atoms with E-state index in [1.54, 1.807) is 0 Å². The van der Waals surface area contributed by atoms with Gasteiger partial charge in [0.15, 0.2) is 0 Å². The molecule has 0 bridgehead atoms. The maximum absolute atomic E-state index is 8.58. The molecule has 0 aliphatic carbocycles. The molecule has 0 radical (unpaired) electrons. The molecule has 0 saturated carbocycles. The molecule has 40 valence electrons. The fourth-order valence-electron chi connectivity index (χ4n) is 0. The van der Waals surface area contributed by atoms with Crippen LogP contribution in [-0.4, -0.2) is 9.05 Å². The van der Waals surface area contributed by atoms with Crippen LogP contribution in [0.25, 0.3) is 0 Å². The molecule has 0 aromatic rings. The van der Waals surface area contributed by atoms with Crippen LogP contribution in [0.15, 0.2) is 0 Å². The average Bonchev–Trinajstić information content (AvgIpc) is 0.722. The molecule has 0 amide bonds. The van der Waals surface area contributed by atoms with Crippen LogP contribution in [0.5, 0.6) is 0 Å². The van der Waals surface area contributed by atoms with Gasteiger partial charge in [0, 0.05) is 0 Å². The summed E-state index contributed by atoms with van der Waals surface area (Å²) < 4.78 is 0. The standard InChI is InChI=1S/O4Si.O.2Pr/c1-5(2,3)4;;;/q-4;-2;2*+3. The van der Waals surface area contributed by atoms with Gasteiger partial charge in [0.05, 0.1) is 0 Å². The largest absolute Gasteiger partial charge is 3.00 e. The fraction of sp³-hybridized carbons (Fsp3) is 0. The molecule has 0 aromatic heterocycles. The molecule has 8 heavy (non-hydrogen) atoms. The first kappa shape index (κ1) is 22.4. The minimum absolute atomic E-state index is 0. The summed E-state index contributed by atoms with van der Waals surface area (Å²) in [6.07, 6.45) is 0. The number of hydrogen-bond acceptors (Lipinski definition) is 4. The Balaban J connectivity index is -0.0000000267. The Hall–Kier alpha value is 2.74. The Morgan fingerprint density at radius 3 is 0.750 bits per heavy atom. The Labute approximate surface area is 114 Å². The van der Waals surface area contributed by atoms with Gasteiger partial charge >= 0.3 is 82.6 Å². The molecule has 8 heteroatoms. The van der Waals surface area contributed by atoms with Crippen molar-refractivity contribution in [2.45, 2.75) is 0 Å². The van der Waals surface area contributed by atoms with E-state index in [1.165, 1.54) is 0 Å². The molecule has 0 spiro atoms. The van der Waals surface area contributed by atoms with Gasteiger partial charge in [0.1, 0.15) is 0 Å². The van der Waals surface area contributed by atoms with E-state index < -0.39 is 9.05 Å². The van der Waals surface area contributed by atoms with Crippen molar-refractivity contribution in [3.63, 3.8) is 0 Å². The summed E-state index contributed by atoms with van der Waals surface area (Å²) in [5, 5.41) is 0. The first-order chi connectivity index (χ1) is 2.00. The predicted octanol–water partition coefficient (Wildman–Crippen LogP) is -5.26. The maximum atomic E-state index is 8.58. The molecular formula is O5Pr2Si. The summed E-state index contributed by atoms with van der Waals surface area (Å²) in [5.41, 5.74) is 0. The second kappa shape index (κ2) is 9.74. The second-order valence-corrected chi connectivity index (χ2v) is 1.50. The molecule has 0 atom stereocenters.